The number of hydrogen-bond donors (Lipinski definition) is 4. The van der Waals surface area contributed by atoms with Crippen LogP contribution in [0.5, 0.6) is 0 Å². The number of hydrogen-bond acceptors (Lipinski definition) is 8. The first-order chi connectivity index (χ1) is 17.6. The molecule has 0 aromatic carbocycles. The molecule has 2 aliphatic heterocycles. The summed E-state index contributed by atoms with van der Waals surface area (Å²) in [5.74, 6) is 1.23. The van der Waals surface area contributed by atoms with E-state index < -0.39 is 30.2 Å². The van der Waals surface area contributed by atoms with Crippen LogP contribution in [0.3, 0.4) is 0 Å². The Morgan fingerprint density at radius 1 is 1.03 bits per heavy atom. The van der Waals surface area contributed by atoms with Crippen molar-refractivity contribution in [2.24, 2.45) is 34.5 Å². The lowest BCUT2D eigenvalue weighted by Crippen LogP contribution is -2.62. The minimum absolute atomic E-state index is 0.0288. The fraction of sp³-hybridized carbons (Fsp3) is 0.897. The Morgan fingerprint density at radius 3 is 2.57 bits per heavy atom. The van der Waals surface area contributed by atoms with Gasteiger partial charge in [-0.2, -0.15) is 0 Å². The normalized spacial score (nSPS) is 53.6. The molecule has 0 aromatic heterocycles. The lowest BCUT2D eigenvalue weighted by Gasteiger charge is -2.64. The molecular weight excluding hydrogens is 476 g/mol. The minimum Gasteiger partial charge on any atom is -0.458 e. The van der Waals surface area contributed by atoms with Crippen molar-refractivity contribution in [2.75, 3.05) is 13.2 Å². The predicted molar refractivity (Wildman–Crippen MR) is 133 cm³/mol. The molecule has 0 radical (unpaired) electrons. The first kappa shape index (κ1) is 26.2. The van der Waals surface area contributed by atoms with E-state index in [-0.39, 0.29) is 47.8 Å². The number of carbonyl (C=O) groups is 1. The summed E-state index contributed by atoms with van der Waals surface area (Å²) in [5.41, 5.74) is 0.302. The Labute approximate surface area is 219 Å². The smallest absolute Gasteiger partial charge is 0.331 e. The SMILES string of the molecule is C[C@]12CC[C@H](O[C@@H]3C[C@@H](O)[C@H](O)[C@@H](CO)O3)C[C@H]1CC[C@@H]1[C@@H]2CC[C@]2(C)[C@@H](C3=CC(=O)OC3)CCC12O. The molecule has 4 aliphatic carbocycles. The molecule has 8 nitrogen and oxygen atoms in total. The summed E-state index contributed by atoms with van der Waals surface area (Å²) in [6.07, 6.45) is 7.18. The summed E-state index contributed by atoms with van der Waals surface area (Å²) in [6.45, 7) is 4.73. The molecule has 0 aromatic rings. The topological polar surface area (TPSA) is 126 Å². The van der Waals surface area contributed by atoms with Crippen molar-refractivity contribution >= 4 is 5.97 Å². The Kier molecular flexibility index (Phi) is 6.57. The van der Waals surface area contributed by atoms with E-state index in [0.29, 0.717) is 18.4 Å². The number of aliphatic hydroxyl groups is 4. The Bertz CT molecular complexity index is 937. The van der Waals surface area contributed by atoms with E-state index in [2.05, 4.69) is 13.8 Å². The van der Waals surface area contributed by atoms with Gasteiger partial charge >= 0.3 is 5.97 Å². The number of cyclic esters (lactones) is 1. The van der Waals surface area contributed by atoms with Gasteiger partial charge in [-0.05, 0) is 92.4 Å². The largest absolute Gasteiger partial charge is 0.458 e. The molecule has 1 saturated heterocycles. The van der Waals surface area contributed by atoms with Crippen molar-refractivity contribution in [1.82, 2.24) is 0 Å². The van der Waals surface area contributed by atoms with E-state index in [0.717, 1.165) is 63.4 Å². The van der Waals surface area contributed by atoms with E-state index in [1.165, 1.54) is 0 Å². The number of esters is 1. The van der Waals surface area contributed by atoms with Crippen LogP contribution in [0, 0.1) is 34.5 Å². The summed E-state index contributed by atoms with van der Waals surface area (Å²) >= 11 is 0. The molecule has 208 valence electrons. The lowest BCUT2D eigenvalue weighted by atomic mass is 9.43. The maximum Gasteiger partial charge on any atom is 0.331 e. The predicted octanol–water partition coefficient (Wildman–Crippen LogP) is 2.46. The van der Waals surface area contributed by atoms with Gasteiger partial charge in [0, 0.05) is 17.9 Å². The fourth-order valence-corrected chi connectivity index (χ4v) is 9.86. The van der Waals surface area contributed by atoms with Gasteiger partial charge in [0.05, 0.1) is 24.4 Å². The van der Waals surface area contributed by atoms with Crippen LogP contribution in [0.2, 0.25) is 0 Å². The highest BCUT2D eigenvalue weighted by Crippen LogP contribution is 2.70. The number of rotatable bonds is 4. The number of ether oxygens (including phenoxy) is 3. The lowest BCUT2D eigenvalue weighted by molar-refractivity contribution is -0.278. The van der Waals surface area contributed by atoms with E-state index in [1.54, 1.807) is 6.08 Å². The molecule has 5 fully saturated rings. The average Bonchev–Trinajstić information content (AvgIpc) is 3.41. The molecule has 8 heteroatoms. The third-order valence-corrected chi connectivity index (χ3v) is 12.0. The van der Waals surface area contributed by atoms with Gasteiger partial charge in [-0.15, -0.1) is 0 Å². The van der Waals surface area contributed by atoms with Crippen molar-refractivity contribution in [1.29, 1.82) is 0 Å². The number of aliphatic hydroxyl groups excluding tert-OH is 3. The quantitative estimate of drug-likeness (QED) is 0.329. The van der Waals surface area contributed by atoms with Crippen LogP contribution in [0.15, 0.2) is 11.6 Å². The van der Waals surface area contributed by atoms with Crippen LogP contribution in [-0.2, 0) is 19.0 Å². The van der Waals surface area contributed by atoms with Gasteiger partial charge in [-0.3, -0.25) is 0 Å². The zero-order valence-corrected chi connectivity index (χ0v) is 22.2. The highest BCUT2D eigenvalue weighted by atomic mass is 16.7. The molecule has 1 unspecified atom stereocenters. The van der Waals surface area contributed by atoms with Gasteiger partial charge in [0.1, 0.15) is 18.8 Å². The number of fused-ring (bicyclic) bond motifs is 5. The molecule has 4 N–H and O–H groups in total. The Morgan fingerprint density at radius 2 is 1.84 bits per heavy atom. The molecule has 0 bridgehead atoms. The highest BCUT2D eigenvalue weighted by Gasteiger charge is 2.67. The van der Waals surface area contributed by atoms with E-state index >= 15 is 0 Å². The van der Waals surface area contributed by atoms with Crippen molar-refractivity contribution in [3.63, 3.8) is 0 Å². The van der Waals surface area contributed by atoms with Crippen LogP contribution < -0.4 is 0 Å². The first-order valence-electron chi connectivity index (χ1n) is 14.5. The maximum absolute atomic E-state index is 12.4. The molecule has 37 heavy (non-hydrogen) atoms. The van der Waals surface area contributed by atoms with Crippen LogP contribution >= 0.6 is 0 Å². The second-order valence-corrected chi connectivity index (χ2v) is 13.4. The molecular formula is C29H44O8. The van der Waals surface area contributed by atoms with Crippen molar-refractivity contribution in [3.8, 4) is 0 Å². The third-order valence-electron chi connectivity index (χ3n) is 12.0. The van der Waals surface area contributed by atoms with Gasteiger partial charge in [-0.25, -0.2) is 4.79 Å². The monoisotopic (exact) mass is 520 g/mol. The second-order valence-electron chi connectivity index (χ2n) is 13.4. The first-order valence-corrected chi connectivity index (χ1v) is 14.5. The summed E-state index contributed by atoms with van der Waals surface area (Å²) in [6, 6.07) is 0. The maximum atomic E-state index is 12.4. The average molecular weight is 521 g/mol. The second kappa shape index (κ2) is 9.27. The fourth-order valence-electron chi connectivity index (χ4n) is 9.86. The Balaban J connectivity index is 1.15. The molecule has 0 spiro atoms. The van der Waals surface area contributed by atoms with Crippen LogP contribution in [-0.4, -0.2) is 75.9 Å². The summed E-state index contributed by atoms with van der Waals surface area (Å²) in [4.78, 5) is 11.8. The zero-order chi connectivity index (χ0) is 26.2. The highest BCUT2D eigenvalue weighted by molar-refractivity contribution is 5.85. The van der Waals surface area contributed by atoms with E-state index in [1.807, 2.05) is 0 Å². The van der Waals surface area contributed by atoms with Gasteiger partial charge < -0.3 is 34.6 Å². The van der Waals surface area contributed by atoms with E-state index in [4.69, 9.17) is 14.2 Å². The summed E-state index contributed by atoms with van der Waals surface area (Å²) in [7, 11) is 0. The summed E-state index contributed by atoms with van der Waals surface area (Å²) in [5, 5.41) is 42.1. The van der Waals surface area contributed by atoms with Gasteiger partial charge in [-0.1, -0.05) is 13.8 Å². The third kappa shape index (κ3) is 3.96. The standard InChI is InChI=1S/C29H44O8/c1-27-8-5-18(36-25-13-22(31)26(33)23(14-30)37-25)12-17(27)3-4-21-20(27)6-9-28(2)19(7-10-29(21,28)34)16-11-24(32)35-15-16/h11,17-23,25-26,30-31,33-34H,3-10,12-15H2,1-2H3/t17-,18+,19-,20+,21-,22-,23-,25+,26+,27+,28-,29?/m1/s1. The van der Waals surface area contributed by atoms with Gasteiger partial charge in [0.25, 0.3) is 0 Å². The molecule has 6 rings (SSSR count). The van der Waals surface area contributed by atoms with Crippen molar-refractivity contribution in [3.05, 3.63) is 11.6 Å². The molecule has 12 atom stereocenters. The van der Waals surface area contributed by atoms with Crippen LogP contribution in [0.25, 0.3) is 0 Å². The summed E-state index contributed by atoms with van der Waals surface area (Å²) < 4.78 is 17.3. The van der Waals surface area contributed by atoms with Crippen LogP contribution in [0.4, 0.5) is 0 Å². The van der Waals surface area contributed by atoms with Crippen molar-refractivity contribution in [2.45, 2.75) is 114 Å². The van der Waals surface area contributed by atoms with Gasteiger partial charge in [0.2, 0.25) is 0 Å². The van der Waals surface area contributed by atoms with Gasteiger partial charge in [0.15, 0.2) is 6.29 Å². The van der Waals surface area contributed by atoms with Crippen LogP contribution in [0.1, 0.15) is 78.1 Å². The zero-order valence-electron chi connectivity index (χ0n) is 22.2. The molecule has 6 aliphatic rings. The number of carbonyl (C=O) groups excluding carboxylic acids is 1. The Hall–Kier alpha value is -1.03. The molecule has 4 saturated carbocycles. The van der Waals surface area contributed by atoms with E-state index in [9.17, 15) is 25.2 Å². The molecule has 2 heterocycles. The minimum atomic E-state index is -1.09. The van der Waals surface area contributed by atoms with Crippen molar-refractivity contribution < 1.29 is 39.4 Å². The molecule has 0 amide bonds.